The summed E-state index contributed by atoms with van der Waals surface area (Å²) < 4.78 is 35.1. The van der Waals surface area contributed by atoms with Gasteiger partial charge in [-0.2, -0.15) is 0 Å². The fraction of sp³-hybridized carbons (Fsp3) is 1.00. The number of hydrogen-bond donors (Lipinski definition) is 0. The van der Waals surface area contributed by atoms with E-state index in [1.807, 2.05) is 0 Å². The molecule has 2 atom stereocenters. The summed E-state index contributed by atoms with van der Waals surface area (Å²) in [6.45, 7) is 6.81. The zero-order valence-corrected chi connectivity index (χ0v) is 19.2. The maximum absolute atomic E-state index is 10.3. The van der Waals surface area contributed by atoms with E-state index < -0.39 is 10.4 Å². The van der Waals surface area contributed by atoms with Crippen LogP contribution in [0.1, 0.15) is 97.8 Å². The van der Waals surface area contributed by atoms with Crippen molar-refractivity contribution in [2.45, 2.75) is 97.8 Å². The summed E-state index contributed by atoms with van der Waals surface area (Å²) in [5.74, 6) is 1.37. The molecule has 0 bridgehead atoms. The van der Waals surface area contributed by atoms with Crippen LogP contribution in [-0.2, 0) is 14.6 Å². The first-order chi connectivity index (χ1) is 10.8. The van der Waals surface area contributed by atoms with Gasteiger partial charge in [0.2, 0.25) is 10.4 Å². The standard InChI is InChI=1S/C18H38O4S.Na/c1-4-5-6-7-8-9-12-17(2)13-10-14-18(3)15-11-16-22-23(19,20)21;/h17-18H,4-16H2,1-3H3,(H,19,20,21);/q;+1/p-1. The van der Waals surface area contributed by atoms with Crippen LogP contribution in [0, 0.1) is 11.8 Å². The average molecular weight is 373 g/mol. The van der Waals surface area contributed by atoms with Gasteiger partial charge in [-0.05, 0) is 24.7 Å². The molecule has 4 nitrogen and oxygen atoms in total. The minimum absolute atomic E-state index is 0. The predicted octanol–water partition coefficient (Wildman–Crippen LogP) is 2.44. The molecule has 0 aliphatic rings. The Morgan fingerprint density at radius 1 is 0.792 bits per heavy atom. The Morgan fingerprint density at radius 2 is 1.25 bits per heavy atom. The summed E-state index contributed by atoms with van der Waals surface area (Å²) in [4.78, 5) is 0. The monoisotopic (exact) mass is 372 g/mol. The molecule has 0 aromatic rings. The summed E-state index contributed by atoms with van der Waals surface area (Å²) in [7, 11) is -4.52. The van der Waals surface area contributed by atoms with Crippen LogP contribution in [0.4, 0.5) is 0 Å². The molecule has 0 saturated carbocycles. The molecule has 0 heterocycles. The molecular weight excluding hydrogens is 335 g/mol. The molecule has 2 unspecified atom stereocenters. The molecule has 0 aliphatic heterocycles. The molecule has 0 spiro atoms. The Morgan fingerprint density at radius 3 is 1.79 bits per heavy atom. The average Bonchev–Trinajstić information content (AvgIpc) is 2.46. The Balaban J connectivity index is 0. The molecule has 0 aromatic heterocycles. The zero-order valence-electron chi connectivity index (χ0n) is 16.4. The summed E-state index contributed by atoms with van der Waals surface area (Å²) in [6, 6.07) is 0. The van der Waals surface area contributed by atoms with E-state index in [2.05, 4.69) is 25.0 Å². The molecule has 0 aliphatic carbocycles. The van der Waals surface area contributed by atoms with Crippen LogP contribution in [0.15, 0.2) is 0 Å². The minimum Gasteiger partial charge on any atom is -0.726 e. The quantitative estimate of drug-likeness (QED) is 0.181. The van der Waals surface area contributed by atoms with Crippen molar-refractivity contribution in [3.05, 3.63) is 0 Å². The van der Waals surface area contributed by atoms with Crippen LogP contribution in [0.25, 0.3) is 0 Å². The first kappa shape index (κ1) is 27.1. The minimum atomic E-state index is -4.52. The predicted molar refractivity (Wildman–Crippen MR) is 95.1 cm³/mol. The van der Waals surface area contributed by atoms with Crippen molar-refractivity contribution in [3.8, 4) is 0 Å². The van der Waals surface area contributed by atoms with E-state index in [9.17, 15) is 13.0 Å². The third kappa shape index (κ3) is 20.9. The molecule has 0 radical (unpaired) electrons. The largest absolute Gasteiger partial charge is 1.00 e. The normalized spacial score (nSPS) is 14.2. The van der Waals surface area contributed by atoms with Crippen LogP contribution in [0.2, 0.25) is 0 Å². The van der Waals surface area contributed by atoms with Gasteiger partial charge in [-0.25, -0.2) is 8.42 Å². The van der Waals surface area contributed by atoms with E-state index in [-0.39, 0.29) is 36.2 Å². The second-order valence-electron chi connectivity index (χ2n) is 7.07. The third-order valence-electron chi connectivity index (χ3n) is 4.51. The Hall–Kier alpha value is 0.870. The summed E-state index contributed by atoms with van der Waals surface area (Å²) >= 11 is 0. The molecule has 140 valence electrons. The number of hydrogen-bond acceptors (Lipinski definition) is 4. The zero-order chi connectivity index (χ0) is 17.6. The first-order valence-electron chi connectivity index (χ1n) is 9.45. The smallest absolute Gasteiger partial charge is 0.726 e. The van der Waals surface area contributed by atoms with Crippen LogP contribution in [0.3, 0.4) is 0 Å². The second-order valence-corrected chi connectivity index (χ2v) is 8.12. The molecule has 6 heteroatoms. The molecule has 0 amide bonds. The van der Waals surface area contributed by atoms with Crippen LogP contribution in [-0.4, -0.2) is 19.6 Å². The first-order valence-corrected chi connectivity index (χ1v) is 10.8. The Labute approximate surface area is 172 Å². The third-order valence-corrected chi connectivity index (χ3v) is 4.97. The van der Waals surface area contributed by atoms with Crippen molar-refractivity contribution in [2.75, 3.05) is 6.61 Å². The van der Waals surface area contributed by atoms with Crippen LogP contribution < -0.4 is 29.6 Å². The van der Waals surface area contributed by atoms with Gasteiger partial charge in [-0.15, -0.1) is 0 Å². The van der Waals surface area contributed by atoms with Crippen molar-refractivity contribution in [2.24, 2.45) is 11.8 Å². The van der Waals surface area contributed by atoms with E-state index in [0.29, 0.717) is 12.3 Å². The molecular formula is C18H37NaO4S. The van der Waals surface area contributed by atoms with Gasteiger partial charge in [0.15, 0.2) is 0 Å². The van der Waals surface area contributed by atoms with Crippen molar-refractivity contribution in [1.82, 2.24) is 0 Å². The fourth-order valence-electron chi connectivity index (χ4n) is 2.97. The second kappa shape index (κ2) is 17.3. The van der Waals surface area contributed by atoms with E-state index >= 15 is 0 Å². The maximum Gasteiger partial charge on any atom is 1.00 e. The van der Waals surface area contributed by atoms with Crippen molar-refractivity contribution in [3.63, 3.8) is 0 Å². The van der Waals surface area contributed by atoms with Gasteiger partial charge >= 0.3 is 29.6 Å². The van der Waals surface area contributed by atoms with E-state index in [1.54, 1.807) is 0 Å². The number of unbranched alkanes of at least 4 members (excludes halogenated alkanes) is 5. The molecule has 0 saturated heterocycles. The SMILES string of the molecule is CCCCCCCCC(C)CCCC(C)CCCOS(=O)(=O)[O-].[Na+]. The summed E-state index contributed by atoms with van der Waals surface area (Å²) in [5.41, 5.74) is 0. The Kier molecular flexibility index (Phi) is 19.5. The number of rotatable bonds is 16. The van der Waals surface area contributed by atoms with E-state index in [4.69, 9.17) is 0 Å². The van der Waals surface area contributed by atoms with Gasteiger partial charge in [0.1, 0.15) is 0 Å². The van der Waals surface area contributed by atoms with Gasteiger partial charge in [0.25, 0.3) is 0 Å². The van der Waals surface area contributed by atoms with Crippen molar-refractivity contribution in [1.29, 1.82) is 0 Å². The van der Waals surface area contributed by atoms with Gasteiger partial charge in [0, 0.05) is 0 Å². The fourth-order valence-corrected chi connectivity index (χ4v) is 3.29. The summed E-state index contributed by atoms with van der Waals surface area (Å²) in [5, 5.41) is 0. The van der Waals surface area contributed by atoms with Gasteiger partial charge in [-0.1, -0.05) is 85.0 Å². The van der Waals surface area contributed by atoms with Crippen molar-refractivity contribution >= 4 is 10.4 Å². The van der Waals surface area contributed by atoms with Gasteiger partial charge in [0.05, 0.1) is 6.61 Å². The van der Waals surface area contributed by atoms with Gasteiger partial charge < -0.3 is 4.55 Å². The molecule has 0 N–H and O–H groups in total. The molecule has 0 aromatic carbocycles. The van der Waals surface area contributed by atoms with Crippen LogP contribution in [0.5, 0.6) is 0 Å². The topological polar surface area (TPSA) is 66.4 Å². The maximum atomic E-state index is 10.3. The molecule has 0 fully saturated rings. The van der Waals surface area contributed by atoms with Crippen molar-refractivity contribution < 1.29 is 46.7 Å². The molecule has 24 heavy (non-hydrogen) atoms. The van der Waals surface area contributed by atoms with Gasteiger partial charge in [-0.3, -0.25) is 4.18 Å². The Bertz CT molecular complexity index is 360. The summed E-state index contributed by atoms with van der Waals surface area (Å²) in [6.07, 6.45) is 14.8. The van der Waals surface area contributed by atoms with Crippen LogP contribution >= 0.6 is 0 Å². The molecule has 0 rings (SSSR count). The van der Waals surface area contributed by atoms with E-state index in [1.165, 1.54) is 64.2 Å². The van der Waals surface area contributed by atoms with E-state index in [0.717, 1.165) is 12.3 Å².